The summed E-state index contributed by atoms with van der Waals surface area (Å²) in [6.07, 6.45) is 8.93. The summed E-state index contributed by atoms with van der Waals surface area (Å²) in [5.74, 6) is 0.685. The zero-order chi connectivity index (χ0) is 13.5. The molecule has 1 aromatic rings. The molecule has 0 aromatic carbocycles. The summed E-state index contributed by atoms with van der Waals surface area (Å²) in [6.45, 7) is 2.72. The standard InChI is InChI=1S/C14H22N4S/c1-19-13-10-12(6-7-16-13)11-17-14(15)18-8-4-2-3-5-9-18/h6-7,10H,2-5,8-9,11H2,1H3,(H2,15,17). The summed E-state index contributed by atoms with van der Waals surface area (Å²) in [5, 5.41) is 1.03. The summed E-state index contributed by atoms with van der Waals surface area (Å²) in [7, 11) is 0. The highest BCUT2D eigenvalue weighted by Gasteiger charge is 2.10. The number of guanidine groups is 1. The third kappa shape index (κ3) is 4.42. The van der Waals surface area contributed by atoms with Crippen molar-refractivity contribution in [2.75, 3.05) is 19.3 Å². The number of thioether (sulfide) groups is 1. The molecule has 1 saturated heterocycles. The Bertz CT molecular complexity index is 425. The van der Waals surface area contributed by atoms with E-state index in [1.54, 1.807) is 11.8 Å². The van der Waals surface area contributed by atoms with Crippen LogP contribution in [0.25, 0.3) is 0 Å². The van der Waals surface area contributed by atoms with Crippen LogP contribution in [0, 0.1) is 0 Å². The highest BCUT2D eigenvalue weighted by molar-refractivity contribution is 7.98. The van der Waals surface area contributed by atoms with E-state index in [-0.39, 0.29) is 0 Å². The van der Waals surface area contributed by atoms with Gasteiger partial charge in [-0.3, -0.25) is 0 Å². The van der Waals surface area contributed by atoms with Gasteiger partial charge in [0.15, 0.2) is 5.96 Å². The summed E-state index contributed by atoms with van der Waals surface area (Å²) < 4.78 is 0. The molecule has 0 bridgehead atoms. The molecule has 1 aromatic heterocycles. The monoisotopic (exact) mass is 278 g/mol. The summed E-state index contributed by atoms with van der Waals surface area (Å²) in [6, 6.07) is 4.07. The van der Waals surface area contributed by atoms with Gasteiger partial charge in [-0.15, -0.1) is 11.8 Å². The topological polar surface area (TPSA) is 54.5 Å². The first-order valence-corrected chi connectivity index (χ1v) is 8.06. The van der Waals surface area contributed by atoms with Gasteiger partial charge in [0.05, 0.1) is 11.6 Å². The van der Waals surface area contributed by atoms with E-state index in [1.807, 2.05) is 18.5 Å². The molecule has 0 aliphatic carbocycles. The van der Waals surface area contributed by atoms with Crippen LogP contribution in [0.4, 0.5) is 0 Å². The molecule has 5 heteroatoms. The number of pyridine rings is 1. The van der Waals surface area contributed by atoms with Crippen LogP contribution in [-0.2, 0) is 6.54 Å². The maximum absolute atomic E-state index is 6.09. The van der Waals surface area contributed by atoms with Crippen molar-refractivity contribution in [3.8, 4) is 0 Å². The van der Waals surface area contributed by atoms with Crippen LogP contribution in [0.2, 0.25) is 0 Å². The fourth-order valence-corrected chi connectivity index (χ4v) is 2.67. The van der Waals surface area contributed by atoms with Crippen LogP contribution >= 0.6 is 11.8 Å². The van der Waals surface area contributed by atoms with Gasteiger partial charge in [0, 0.05) is 19.3 Å². The Labute approximate surface area is 119 Å². The zero-order valence-electron chi connectivity index (χ0n) is 11.5. The first kappa shape index (κ1) is 14.2. The third-order valence-electron chi connectivity index (χ3n) is 3.36. The van der Waals surface area contributed by atoms with Crippen molar-refractivity contribution in [2.45, 2.75) is 37.3 Å². The zero-order valence-corrected chi connectivity index (χ0v) is 12.3. The lowest BCUT2D eigenvalue weighted by Crippen LogP contribution is -2.38. The molecule has 1 fully saturated rings. The Kier molecular flexibility index (Phi) is 5.51. The highest BCUT2D eigenvalue weighted by Crippen LogP contribution is 2.13. The van der Waals surface area contributed by atoms with Crippen molar-refractivity contribution in [2.24, 2.45) is 10.7 Å². The van der Waals surface area contributed by atoms with E-state index in [0.717, 1.165) is 23.7 Å². The maximum atomic E-state index is 6.09. The molecule has 2 N–H and O–H groups in total. The number of aromatic nitrogens is 1. The molecule has 0 spiro atoms. The van der Waals surface area contributed by atoms with E-state index in [2.05, 4.69) is 20.9 Å². The Balaban J connectivity index is 1.96. The Hall–Kier alpha value is -1.23. The molecule has 104 valence electrons. The average Bonchev–Trinajstić information content (AvgIpc) is 2.74. The number of nitrogens with zero attached hydrogens (tertiary/aromatic N) is 3. The van der Waals surface area contributed by atoms with Gasteiger partial charge in [-0.2, -0.15) is 0 Å². The minimum absolute atomic E-state index is 0.637. The quantitative estimate of drug-likeness (QED) is 0.524. The van der Waals surface area contributed by atoms with Crippen molar-refractivity contribution in [3.63, 3.8) is 0 Å². The highest BCUT2D eigenvalue weighted by atomic mass is 32.2. The predicted molar refractivity (Wildman–Crippen MR) is 81.4 cm³/mol. The van der Waals surface area contributed by atoms with Crippen LogP contribution in [0.15, 0.2) is 28.3 Å². The van der Waals surface area contributed by atoms with Gasteiger partial charge < -0.3 is 10.6 Å². The van der Waals surface area contributed by atoms with Crippen molar-refractivity contribution in [1.82, 2.24) is 9.88 Å². The van der Waals surface area contributed by atoms with Gasteiger partial charge in [-0.1, -0.05) is 12.8 Å². The van der Waals surface area contributed by atoms with Crippen LogP contribution in [0.3, 0.4) is 0 Å². The van der Waals surface area contributed by atoms with E-state index in [0.29, 0.717) is 12.5 Å². The van der Waals surface area contributed by atoms with E-state index in [1.165, 1.54) is 25.7 Å². The Morgan fingerprint density at radius 2 is 2.11 bits per heavy atom. The predicted octanol–water partition coefficient (Wildman–Crippen LogP) is 2.49. The van der Waals surface area contributed by atoms with E-state index in [4.69, 9.17) is 5.73 Å². The minimum Gasteiger partial charge on any atom is -0.370 e. The minimum atomic E-state index is 0.637. The molecule has 0 amide bonds. The largest absolute Gasteiger partial charge is 0.370 e. The van der Waals surface area contributed by atoms with E-state index in [9.17, 15) is 0 Å². The number of hydrogen-bond acceptors (Lipinski definition) is 3. The van der Waals surface area contributed by atoms with Gasteiger partial charge >= 0.3 is 0 Å². The number of aliphatic imine (C=N–C) groups is 1. The number of likely N-dealkylation sites (tertiary alicyclic amines) is 1. The molecule has 0 unspecified atom stereocenters. The van der Waals surface area contributed by atoms with Crippen LogP contribution in [0.5, 0.6) is 0 Å². The van der Waals surface area contributed by atoms with Gasteiger partial charge in [-0.25, -0.2) is 9.98 Å². The number of hydrogen-bond donors (Lipinski definition) is 1. The normalized spacial score (nSPS) is 17.3. The molecule has 4 nitrogen and oxygen atoms in total. The first-order chi connectivity index (χ1) is 9.29. The average molecular weight is 278 g/mol. The van der Waals surface area contributed by atoms with Gasteiger partial charge in [0.25, 0.3) is 0 Å². The van der Waals surface area contributed by atoms with Crippen LogP contribution < -0.4 is 5.73 Å². The van der Waals surface area contributed by atoms with Gasteiger partial charge in [0.2, 0.25) is 0 Å². The second-order valence-corrected chi connectivity index (χ2v) is 5.61. The third-order valence-corrected chi connectivity index (χ3v) is 4.00. The maximum Gasteiger partial charge on any atom is 0.191 e. The Morgan fingerprint density at radius 1 is 1.37 bits per heavy atom. The molecule has 1 aliphatic rings. The lowest BCUT2D eigenvalue weighted by Gasteiger charge is -2.21. The number of rotatable bonds is 3. The molecule has 2 rings (SSSR count). The molecule has 2 heterocycles. The first-order valence-electron chi connectivity index (χ1n) is 6.83. The van der Waals surface area contributed by atoms with Crippen molar-refractivity contribution in [3.05, 3.63) is 23.9 Å². The van der Waals surface area contributed by atoms with Gasteiger partial charge in [-0.05, 0) is 36.8 Å². The summed E-state index contributed by atoms with van der Waals surface area (Å²) in [4.78, 5) is 11.0. The lowest BCUT2D eigenvalue weighted by atomic mass is 10.2. The van der Waals surface area contributed by atoms with Crippen LogP contribution in [0.1, 0.15) is 31.2 Å². The van der Waals surface area contributed by atoms with Crippen molar-refractivity contribution < 1.29 is 0 Å². The fourth-order valence-electron chi connectivity index (χ4n) is 2.23. The summed E-state index contributed by atoms with van der Waals surface area (Å²) in [5.41, 5.74) is 7.26. The molecule has 0 saturated carbocycles. The van der Waals surface area contributed by atoms with Crippen molar-refractivity contribution >= 4 is 17.7 Å². The SMILES string of the molecule is CSc1cc(CN=C(N)N2CCCCCC2)ccn1. The van der Waals surface area contributed by atoms with Crippen molar-refractivity contribution in [1.29, 1.82) is 0 Å². The lowest BCUT2D eigenvalue weighted by molar-refractivity contribution is 0.428. The molecule has 0 atom stereocenters. The molecular formula is C14H22N4S. The summed E-state index contributed by atoms with van der Waals surface area (Å²) >= 11 is 1.65. The fraction of sp³-hybridized carbons (Fsp3) is 0.571. The molecular weight excluding hydrogens is 256 g/mol. The van der Waals surface area contributed by atoms with Crippen LogP contribution in [-0.4, -0.2) is 35.2 Å². The smallest absolute Gasteiger partial charge is 0.191 e. The Morgan fingerprint density at radius 3 is 2.79 bits per heavy atom. The number of nitrogens with two attached hydrogens (primary N) is 1. The molecule has 0 radical (unpaired) electrons. The van der Waals surface area contributed by atoms with E-state index >= 15 is 0 Å². The van der Waals surface area contributed by atoms with Gasteiger partial charge in [0.1, 0.15) is 0 Å². The second-order valence-electron chi connectivity index (χ2n) is 4.78. The second kappa shape index (κ2) is 7.38. The molecule has 19 heavy (non-hydrogen) atoms. The molecule has 1 aliphatic heterocycles. The van der Waals surface area contributed by atoms with E-state index < -0.39 is 0 Å².